The van der Waals surface area contributed by atoms with Crippen LogP contribution in [0.5, 0.6) is 0 Å². The van der Waals surface area contributed by atoms with Crippen LogP contribution in [0, 0.1) is 5.92 Å². The maximum atomic E-state index is 11.1. The van der Waals surface area contributed by atoms with Crippen LogP contribution in [0.3, 0.4) is 0 Å². The number of hydrogen-bond donors (Lipinski definition) is 2. The van der Waals surface area contributed by atoms with Gasteiger partial charge < -0.3 is 10.4 Å². The van der Waals surface area contributed by atoms with E-state index in [0.29, 0.717) is 0 Å². The van der Waals surface area contributed by atoms with E-state index in [-0.39, 0.29) is 12.0 Å². The Morgan fingerprint density at radius 1 is 1.56 bits per heavy atom. The van der Waals surface area contributed by atoms with Crippen molar-refractivity contribution in [2.24, 2.45) is 5.92 Å². The van der Waals surface area contributed by atoms with Crippen molar-refractivity contribution in [3.8, 4) is 0 Å². The summed E-state index contributed by atoms with van der Waals surface area (Å²) in [4.78, 5) is 15.3. The van der Waals surface area contributed by atoms with Gasteiger partial charge in [-0.2, -0.15) is 0 Å². The fraction of sp³-hybridized carbons (Fsp3) is 0.600. The van der Waals surface area contributed by atoms with Crippen molar-refractivity contribution in [1.29, 1.82) is 0 Å². The third kappa shape index (κ3) is 2.74. The monoisotopic (exact) mass is 304 g/mol. The normalized spacial score (nSPS) is 25.3. The van der Waals surface area contributed by atoms with Crippen molar-refractivity contribution in [3.63, 3.8) is 0 Å². The van der Waals surface area contributed by atoms with Gasteiger partial charge in [-0.05, 0) is 28.8 Å². The molecule has 0 radical (unpaired) electrons. The summed E-state index contributed by atoms with van der Waals surface area (Å²) in [5.74, 6) is -0.982. The van der Waals surface area contributed by atoms with Gasteiger partial charge in [0.2, 0.25) is 0 Å². The zero-order valence-electron chi connectivity index (χ0n) is 8.65. The SMILES string of the molecule is O=C(O)C1CCCCC1Nc1nc(Br)cs1. The van der Waals surface area contributed by atoms with E-state index in [2.05, 4.69) is 26.2 Å². The first kappa shape index (κ1) is 11.9. The first-order valence-electron chi connectivity index (χ1n) is 5.27. The quantitative estimate of drug-likeness (QED) is 0.901. The number of nitrogens with zero attached hydrogens (tertiary/aromatic N) is 1. The summed E-state index contributed by atoms with van der Waals surface area (Å²) in [7, 11) is 0. The maximum absolute atomic E-state index is 11.1. The van der Waals surface area contributed by atoms with Gasteiger partial charge in [-0.25, -0.2) is 4.98 Å². The first-order valence-corrected chi connectivity index (χ1v) is 6.94. The molecule has 0 bridgehead atoms. The average molecular weight is 305 g/mol. The van der Waals surface area contributed by atoms with Gasteiger partial charge in [-0.3, -0.25) is 4.79 Å². The Hall–Kier alpha value is -0.620. The number of carbonyl (C=O) groups is 1. The Balaban J connectivity index is 2.03. The highest BCUT2D eigenvalue weighted by Gasteiger charge is 2.31. The molecule has 2 N–H and O–H groups in total. The lowest BCUT2D eigenvalue weighted by atomic mass is 9.85. The average Bonchev–Trinajstić information content (AvgIpc) is 2.64. The molecule has 0 spiro atoms. The van der Waals surface area contributed by atoms with E-state index >= 15 is 0 Å². The Kier molecular flexibility index (Phi) is 3.81. The largest absolute Gasteiger partial charge is 0.481 e. The van der Waals surface area contributed by atoms with Crippen LogP contribution in [0.2, 0.25) is 0 Å². The second kappa shape index (κ2) is 5.14. The molecule has 1 aromatic rings. The molecule has 1 heterocycles. The molecule has 2 rings (SSSR count). The van der Waals surface area contributed by atoms with Gasteiger partial charge in [-0.1, -0.05) is 12.8 Å². The number of carboxylic acid groups (broad SMARTS) is 1. The van der Waals surface area contributed by atoms with Gasteiger partial charge in [0, 0.05) is 11.4 Å². The van der Waals surface area contributed by atoms with Crippen LogP contribution in [0.25, 0.3) is 0 Å². The van der Waals surface area contributed by atoms with Crippen LogP contribution in [-0.2, 0) is 4.79 Å². The highest BCUT2D eigenvalue weighted by atomic mass is 79.9. The predicted octanol–water partition coefficient (Wildman–Crippen LogP) is 2.96. The van der Waals surface area contributed by atoms with E-state index in [1.54, 1.807) is 0 Å². The van der Waals surface area contributed by atoms with E-state index in [4.69, 9.17) is 5.11 Å². The summed E-state index contributed by atoms with van der Waals surface area (Å²) in [6.45, 7) is 0. The fourth-order valence-corrected chi connectivity index (χ4v) is 3.29. The summed E-state index contributed by atoms with van der Waals surface area (Å²) in [6.07, 6.45) is 3.78. The lowest BCUT2D eigenvalue weighted by Crippen LogP contribution is -2.37. The lowest BCUT2D eigenvalue weighted by Gasteiger charge is -2.28. The molecule has 0 amide bonds. The third-order valence-corrected chi connectivity index (χ3v) is 4.35. The van der Waals surface area contributed by atoms with Crippen LogP contribution < -0.4 is 5.32 Å². The van der Waals surface area contributed by atoms with Crippen LogP contribution in [0.1, 0.15) is 25.7 Å². The molecule has 2 unspecified atom stereocenters. The molecule has 0 aromatic carbocycles. The predicted molar refractivity (Wildman–Crippen MR) is 66.8 cm³/mol. The lowest BCUT2D eigenvalue weighted by molar-refractivity contribution is -0.143. The van der Waals surface area contributed by atoms with Crippen LogP contribution >= 0.6 is 27.3 Å². The van der Waals surface area contributed by atoms with E-state index in [0.717, 1.165) is 35.4 Å². The molecule has 1 fully saturated rings. The molecule has 4 nitrogen and oxygen atoms in total. The number of rotatable bonds is 3. The number of aromatic nitrogens is 1. The molecule has 0 saturated heterocycles. The minimum Gasteiger partial charge on any atom is -0.481 e. The molecule has 2 atom stereocenters. The van der Waals surface area contributed by atoms with Crippen molar-refractivity contribution < 1.29 is 9.90 Å². The second-order valence-electron chi connectivity index (χ2n) is 3.96. The Labute approximate surface area is 106 Å². The Morgan fingerprint density at radius 3 is 2.94 bits per heavy atom. The van der Waals surface area contributed by atoms with Crippen molar-refractivity contribution in [2.75, 3.05) is 5.32 Å². The second-order valence-corrected chi connectivity index (χ2v) is 5.63. The zero-order chi connectivity index (χ0) is 11.5. The number of aliphatic carboxylic acids is 1. The Morgan fingerprint density at radius 2 is 2.31 bits per heavy atom. The summed E-state index contributed by atoms with van der Waals surface area (Å²) in [5, 5.41) is 15.0. The smallest absolute Gasteiger partial charge is 0.308 e. The van der Waals surface area contributed by atoms with Gasteiger partial charge >= 0.3 is 5.97 Å². The van der Waals surface area contributed by atoms with Gasteiger partial charge in [0.05, 0.1) is 5.92 Å². The van der Waals surface area contributed by atoms with E-state index in [1.807, 2.05) is 5.38 Å². The molecule has 6 heteroatoms. The fourth-order valence-electron chi connectivity index (χ4n) is 2.08. The highest BCUT2D eigenvalue weighted by Crippen LogP contribution is 2.29. The minimum atomic E-state index is -0.701. The number of halogens is 1. The molecule has 1 saturated carbocycles. The van der Waals surface area contributed by atoms with E-state index < -0.39 is 5.97 Å². The van der Waals surface area contributed by atoms with Gasteiger partial charge in [0.25, 0.3) is 0 Å². The van der Waals surface area contributed by atoms with Crippen LogP contribution in [0.15, 0.2) is 9.98 Å². The molecule has 1 aromatic heterocycles. The molecular formula is C10H13BrN2O2S. The number of thiazole rings is 1. The van der Waals surface area contributed by atoms with Gasteiger partial charge in [0.1, 0.15) is 4.60 Å². The van der Waals surface area contributed by atoms with Crippen molar-refractivity contribution in [1.82, 2.24) is 4.98 Å². The van der Waals surface area contributed by atoms with Crippen molar-refractivity contribution in [3.05, 3.63) is 9.98 Å². The summed E-state index contributed by atoms with van der Waals surface area (Å²) >= 11 is 4.78. The van der Waals surface area contributed by atoms with E-state index in [1.165, 1.54) is 11.3 Å². The van der Waals surface area contributed by atoms with Crippen LogP contribution in [-0.4, -0.2) is 22.1 Å². The summed E-state index contributed by atoms with van der Waals surface area (Å²) in [6, 6.07) is 0.0179. The molecule has 1 aliphatic rings. The maximum Gasteiger partial charge on any atom is 0.308 e. The summed E-state index contributed by atoms with van der Waals surface area (Å²) < 4.78 is 0.794. The standard InChI is InChI=1S/C10H13BrN2O2S/c11-8-5-16-10(13-8)12-7-4-2-1-3-6(7)9(14)15/h5-7H,1-4H2,(H,12,13)(H,14,15). The van der Waals surface area contributed by atoms with Crippen molar-refractivity contribution >= 4 is 38.4 Å². The molecule has 88 valence electrons. The van der Waals surface area contributed by atoms with Crippen LogP contribution in [0.4, 0.5) is 5.13 Å². The van der Waals surface area contributed by atoms with Gasteiger partial charge in [0.15, 0.2) is 5.13 Å². The molecule has 0 aliphatic heterocycles. The number of carboxylic acids is 1. The summed E-state index contributed by atoms with van der Waals surface area (Å²) in [5.41, 5.74) is 0. The third-order valence-electron chi connectivity index (χ3n) is 2.87. The molecule has 1 aliphatic carbocycles. The zero-order valence-corrected chi connectivity index (χ0v) is 11.1. The number of anilines is 1. The number of nitrogens with one attached hydrogen (secondary N) is 1. The molecule has 16 heavy (non-hydrogen) atoms. The highest BCUT2D eigenvalue weighted by molar-refractivity contribution is 9.10. The minimum absolute atomic E-state index is 0.0179. The first-order chi connectivity index (χ1) is 7.66. The molecular weight excluding hydrogens is 292 g/mol. The van der Waals surface area contributed by atoms with E-state index in [9.17, 15) is 4.79 Å². The van der Waals surface area contributed by atoms with Crippen molar-refractivity contribution in [2.45, 2.75) is 31.7 Å². The topological polar surface area (TPSA) is 62.2 Å². The Bertz CT molecular complexity index is 383. The van der Waals surface area contributed by atoms with Gasteiger partial charge in [-0.15, -0.1) is 11.3 Å². The number of hydrogen-bond acceptors (Lipinski definition) is 4.